The van der Waals surface area contributed by atoms with Crippen LogP contribution in [0.4, 0.5) is 4.39 Å². The molecule has 0 aliphatic carbocycles. The molecule has 0 radical (unpaired) electrons. The molecule has 1 N–H and O–H groups in total. The van der Waals surface area contributed by atoms with Crippen LogP contribution in [-0.4, -0.2) is 16.3 Å². The third-order valence-electron chi connectivity index (χ3n) is 3.31. The summed E-state index contributed by atoms with van der Waals surface area (Å²) in [5.74, 6) is -0.180. The van der Waals surface area contributed by atoms with Gasteiger partial charge in [-0.2, -0.15) is 5.10 Å². The van der Waals surface area contributed by atoms with Gasteiger partial charge in [0.2, 0.25) is 0 Å². The van der Waals surface area contributed by atoms with Gasteiger partial charge in [-0.05, 0) is 43.1 Å². The number of nitrogens with one attached hydrogen (secondary N) is 1. The molecule has 3 nitrogen and oxygen atoms in total. The van der Waals surface area contributed by atoms with Gasteiger partial charge in [0.15, 0.2) is 0 Å². The van der Waals surface area contributed by atoms with E-state index in [0.29, 0.717) is 0 Å². The Balaban J connectivity index is 2.06. The minimum absolute atomic E-state index is 0.176. The largest absolute Gasteiger partial charge is 0.310 e. The van der Waals surface area contributed by atoms with Crippen molar-refractivity contribution >= 4 is 0 Å². The average molecular weight is 261 g/mol. The molecule has 4 heteroatoms. The van der Waals surface area contributed by atoms with E-state index in [9.17, 15) is 4.39 Å². The number of rotatable bonds is 6. The number of aromatic nitrogens is 2. The molecule has 0 saturated carbocycles. The van der Waals surface area contributed by atoms with Crippen LogP contribution < -0.4 is 5.32 Å². The second-order valence-corrected chi connectivity index (χ2v) is 4.65. The van der Waals surface area contributed by atoms with Gasteiger partial charge in [-0.3, -0.25) is 4.68 Å². The van der Waals surface area contributed by atoms with Gasteiger partial charge < -0.3 is 5.32 Å². The molecular weight excluding hydrogens is 241 g/mol. The second kappa shape index (κ2) is 6.48. The van der Waals surface area contributed by atoms with Gasteiger partial charge in [0.05, 0.1) is 0 Å². The molecule has 1 heterocycles. The minimum atomic E-state index is -0.180. The highest BCUT2D eigenvalue weighted by atomic mass is 19.1. The Kier molecular flexibility index (Phi) is 4.68. The summed E-state index contributed by atoms with van der Waals surface area (Å²) < 4.78 is 15.2. The van der Waals surface area contributed by atoms with Gasteiger partial charge in [-0.1, -0.05) is 19.1 Å². The fraction of sp³-hybridized carbons (Fsp3) is 0.400. The maximum absolute atomic E-state index is 13.3. The number of hydrogen-bond acceptors (Lipinski definition) is 2. The molecule has 2 rings (SSSR count). The molecule has 102 valence electrons. The molecule has 1 atom stereocenters. The molecule has 1 aromatic heterocycles. The van der Waals surface area contributed by atoms with Crippen molar-refractivity contribution in [3.63, 3.8) is 0 Å². The van der Waals surface area contributed by atoms with Gasteiger partial charge in [-0.25, -0.2) is 4.39 Å². The lowest BCUT2D eigenvalue weighted by molar-refractivity contribution is 0.502. The number of hydrogen-bond donors (Lipinski definition) is 1. The first kappa shape index (κ1) is 13.7. The Labute approximate surface area is 113 Å². The van der Waals surface area contributed by atoms with Crippen LogP contribution in [0, 0.1) is 5.82 Å². The first-order valence-corrected chi connectivity index (χ1v) is 6.66. The maximum atomic E-state index is 13.3. The zero-order valence-corrected chi connectivity index (χ0v) is 11.4. The van der Waals surface area contributed by atoms with Gasteiger partial charge in [0.1, 0.15) is 5.82 Å². The van der Waals surface area contributed by atoms with Crippen molar-refractivity contribution < 1.29 is 4.39 Å². The topological polar surface area (TPSA) is 29.9 Å². The Morgan fingerprint density at radius 1 is 1.37 bits per heavy atom. The molecule has 19 heavy (non-hydrogen) atoms. The molecule has 2 aromatic rings. The standard InChI is InChI=1S/C15H20FN3/c1-3-17-15(12-5-4-6-13(16)11-12)8-7-14-9-10-18-19(14)2/h4-6,9-11,15,17H,3,7-8H2,1-2H3. The molecule has 0 aliphatic heterocycles. The summed E-state index contributed by atoms with van der Waals surface area (Å²) in [6.45, 7) is 2.93. The van der Waals surface area contributed by atoms with E-state index < -0.39 is 0 Å². The molecule has 1 aromatic carbocycles. The summed E-state index contributed by atoms with van der Waals surface area (Å²) in [4.78, 5) is 0. The van der Waals surface area contributed by atoms with Gasteiger partial charge in [-0.15, -0.1) is 0 Å². The predicted molar refractivity (Wildman–Crippen MR) is 74.3 cm³/mol. The number of aryl methyl sites for hydroxylation is 2. The van der Waals surface area contributed by atoms with Crippen molar-refractivity contribution in [2.75, 3.05) is 6.54 Å². The van der Waals surface area contributed by atoms with Gasteiger partial charge in [0, 0.05) is 25.0 Å². The fourth-order valence-electron chi connectivity index (χ4n) is 2.30. The third-order valence-corrected chi connectivity index (χ3v) is 3.31. The fourth-order valence-corrected chi connectivity index (χ4v) is 2.30. The maximum Gasteiger partial charge on any atom is 0.123 e. The van der Waals surface area contributed by atoms with Crippen molar-refractivity contribution in [2.24, 2.45) is 7.05 Å². The van der Waals surface area contributed by atoms with Crippen LogP contribution in [0.25, 0.3) is 0 Å². The SMILES string of the molecule is CCNC(CCc1ccnn1C)c1cccc(F)c1. The first-order valence-electron chi connectivity index (χ1n) is 6.66. The molecule has 0 spiro atoms. The Hall–Kier alpha value is -1.68. The first-order chi connectivity index (χ1) is 9.20. The van der Waals surface area contributed by atoms with E-state index in [4.69, 9.17) is 0 Å². The minimum Gasteiger partial charge on any atom is -0.310 e. The lowest BCUT2D eigenvalue weighted by atomic mass is 10.0. The summed E-state index contributed by atoms with van der Waals surface area (Å²) in [7, 11) is 1.94. The van der Waals surface area contributed by atoms with Gasteiger partial charge in [0.25, 0.3) is 0 Å². The molecule has 1 unspecified atom stereocenters. The highest BCUT2D eigenvalue weighted by Gasteiger charge is 2.12. The van der Waals surface area contributed by atoms with E-state index in [1.165, 1.54) is 11.8 Å². The quantitative estimate of drug-likeness (QED) is 0.866. The van der Waals surface area contributed by atoms with E-state index in [2.05, 4.69) is 17.3 Å². The van der Waals surface area contributed by atoms with E-state index >= 15 is 0 Å². The second-order valence-electron chi connectivity index (χ2n) is 4.65. The molecule has 0 fully saturated rings. The van der Waals surface area contributed by atoms with E-state index in [1.54, 1.807) is 18.3 Å². The predicted octanol–water partition coefficient (Wildman–Crippen LogP) is 2.84. The molecule has 0 saturated heterocycles. The van der Waals surface area contributed by atoms with Crippen LogP contribution >= 0.6 is 0 Å². The van der Waals surface area contributed by atoms with E-state index in [-0.39, 0.29) is 11.9 Å². The Morgan fingerprint density at radius 2 is 2.21 bits per heavy atom. The van der Waals surface area contributed by atoms with Crippen molar-refractivity contribution in [1.82, 2.24) is 15.1 Å². The van der Waals surface area contributed by atoms with Crippen molar-refractivity contribution in [3.05, 3.63) is 53.6 Å². The van der Waals surface area contributed by atoms with Gasteiger partial charge >= 0.3 is 0 Å². The lowest BCUT2D eigenvalue weighted by Crippen LogP contribution is -2.22. The van der Waals surface area contributed by atoms with Crippen LogP contribution in [0.5, 0.6) is 0 Å². The Bertz CT molecular complexity index is 522. The highest BCUT2D eigenvalue weighted by molar-refractivity contribution is 5.20. The van der Waals surface area contributed by atoms with Crippen LogP contribution in [0.2, 0.25) is 0 Å². The normalized spacial score (nSPS) is 12.6. The summed E-state index contributed by atoms with van der Waals surface area (Å²) in [6, 6.07) is 9.02. The summed E-state index contributed by atoms with van der Waals surface area (Å²) in [5, 5.41) is 7.58. The van der Waals surface area contributed by atoms with E-state index in [0.717, 1.165) is 24.9 Å². The van der Waals surface area contributed by atoms with E-state index in [1.807, 2.05) is 23.9 Å². The smallest absolute Gasteiger partial charge is 0.123 e. The number of halogens is 1. The molecule has 0 bridgehead atoms. The summed E-state index contributed by atoms with van der Waals surface area (Å²) >= 11 is 0. The summed E-state index contributed by atoms with van der Waals surface area (Å²) in [6.07, 6.45) is 3.65. The Morgan fingerprint density at radius 3 is 2.84 bits per heavy atom. The van der Waals surface area contributed by atoms with Crippen molar-refractivity contribution in [1.29, 1.82) is 0 Å². The zero-order chi connectivity index (χ0) is 13.7. The average Bonchev–Trinajstić information content (AvgIpc) is 2.80. The number of benzene rings is 1. The molecular formula is C15H20FN3. The monoisotopic (exact) mass is 261 g/mol. The van der Waals surface area contributed by atoms with Crippen molar-refractivity contribution in [2.45, 2.75) is 25.8 Å². The third kappa shape index (κ3) is 3.64. The highest BCUT2D eigenvalue weighted by Crippen LogP contribution is 2.19. The lowest BCUT2D eigenvalue weighted by Gasteiger charge is -2.18. The van der Waals surface area contributed by atoms with Crippen LogP contribution in [-0.2, 0) is 13.5 Å². The summed E-state index contributed by atoms with van der Waals surface area (Å²) in [5.41, 5.74) is 2.20. The van der Waals surface area contributed by atoms with Crippen LogP contribution in [0.3, 0.4) is 0 Å². The zero-order valence-electron chi connectivity index (χ0n) is 11.4. The molecule has 0 amide bonds. The number of nitrogens with zero attached hydrogens (tertiary/aromatic N) is 2. The van der Waals surface area contributed by atoms with Crippen molar-refractivity contribution in [3.8, 4) is 0 Å². The van der Waals surface area contributed by atoms with Crippen LogP contribution in [0.15, 0.2) is 36.5 Å². The molecule has 0 aliphatic rings. The van der Waals surface area contributed by atoms with Crippen LogP contribution in [0.1, 0.15) is 30.6 Å².